The Morgan fingerprint density at radius 1 is 1.44 bits per heavy atom. The minimum Gasteiger partial charge on any atom is -0.496 e. The molecule has 1 fully saturated rings. The number of likely N-dealkylation sites (N-methyl/N-ethyl adjacent to an activating group) is 1. The van der Waals surface area contributed by atoms with Crippen molar-refractivity contribution in [3.05, 3.63) is 30.0 Å². The Bertz CT molecular complexity index is 546. The SMILES string of the molecule is COc1cccc2[nH]cc(CC3CCCN3C)c12. The molecule has 0 aliphatic carbocycles. The van der Waals surface area contributed by atoms with Gasteiger partial charge in [0.25, 0.3) is 0 Å². The lowest BCUT2D eigenvalue weighted by Crippen LogP contribution is -2.26. The van der Waals surface area contributed by atoms with E-state index in [2.05, 4.69) is 29.2 Å². The Hall–Kier alpha value is -1.48. The number of H-pyrrole nitrogens is 1. The Labute approximate surface area is 108 Å². The first-order valence-corrected chi connectivity index (χ1v) is 6.63. The van der Waals surface area contributed by atoms with Crippen LogP contribution >= 0.6 is 0 Å². The number of aromatic nitrogens is 1. The molecule has 1 aromatic carbocycles. The van der Waals surface area contributed by atoms with Gasteiger partial charge in [-0.1, -0.05) is 6.07 Å². The highest BCUT2D eigenvalue weighted by molar-refractivity contribution is 5.89. The van der Waals surface area contributed by atoms with Gasteiger partial charge < -0.3 is 14.6 Å². The standard InChI is InChI=1S/C15H20N2O/c1-17-8-4-5-12(17)9-11-10-16-13-6-3-7-14(18-2)15(11)13/h3,6-7,10,12,16H,4-5,8-9H2,1-2H3. The van der Waals surface area contributed by atoms with Crippen molar-refractivity contribution < 1.29 is 4.74 Å². The summed E-state index contributed by atoms with van der Waals surface area (Å²) in [6.07, 6.45) is 5.87. The molecule has 1 N–H and O–H groups in total. The largest absolute Gasteiger partial charge is 0.496 e. The minimum absolute atomic E-state index is 0.675. The zero-order valence-electron chi connectivity index (χ0n) is 11.1. The molecule has 2 aromatic rings. The van der Waals surface area contributed by atoms with Crippen LogP contribution in [-0.4, -0.2) is 36.6 Å². The van der Waals surface area contributed by atoms with Crippen molar-refractivity contribution >= 4 is 10.9 Å². The lowest BCUT2D eigenvalue weighted by Gasteiger charge is -2.19. The summed E-state index contributed by atoms with van der Waals surface area (Å²) in [6.45, 7) is 1.23. The number of aromatic amines is 1. The number of hydrogen-bond acceptors (Lipinski definition) is 2. The number of benzene rings is 1. The van der Waals surface area contributed by atoms with Crippen LogP contribution in [0.3, 0.4) is 0 Å². The van der Waals surface area contributed by atoms with Crippen molar-refractivity contribution in [2.45, 2.75) is 25.3 Å². The third kappa shape index (κ3) is 1.89. The van der Waals surface area contributed by atoms with Gasteiger partial charge in [0.15, 0.2) is 0 Å². The van der Waals surface area contributed by atoms with Crippen molar-refractivity contribution in [3.8, 4) is 5.75 Å². The Balaban J connectivity index is 1.96. The predicted octanol–water partition coefficient (Wildman–Crippen LogP) is 2.81. The molecule has 1 aliphatic heterocycles. The summed E-state index contributed by atoms with van der Waals surface area (Å²) in [5.74, 6) is 0.976. The van der Waals surface area contributed by atoms with Crippen molar-refractivity contribution in [2.24, 2.45) is 0 Å². The molecule has 2 heterocycles. The number of nitrogens with one attached hydrogen (secondary N) is 1. The van der Waals surface area contributed by atoms with Crippen LogP contribution in [0.5, 0.6) is 5.75 Å². The van der Waals surface area contributed by atoms with E-state index in [0.717, 1.165) is 12.2 Å². The van der Waals surface area contributed by atoms with Gasteiger partial charge >= 0.3 is 0 Å². The van der Waals surface area contributed by atoms with Crippen LogP contribution in [0.1, 0.15) is 18.4 Å². The fraction of sp³-hybridized carbons (Fsp3) is 0.467. The first-order valence-electron chi connectivity index (χ1n) is 6.63. The molecule has 1 aromatic heterocycles. The number of rotatable bonds is 3. The van der Waals surface area contributed by atoms with Gasteiger partial charge in [0.05, 0.1) is 7.11 Å². The van der Waals surface area contributed by atoms with E-state index < -0.39 is 0 Å². The van der Waals surface area contributed by atoms with Crippen molar-refractivity contribution in [1.29, 1.82) is 0 Å². The van der Waals surface area contributed by atoms with Gasteiger partial charge in [-0.05, 0) is 50.6 Å². The maximum Gasteiger partial charge on any atom is 0.128 e. The van der Waals surface area contributed by atoms with Gasteiger partial charge in [0.1, 0.15) is 5.75 Å². The molecule has 3 heteroatoms. The summed E-state index contributed by atoms with van der Waals surface area (Å²) in [5.41, 5.74) is 2.55. The van der Waals surface area contributed by atoms with Crippen LogP contribution in [-0.2, 0) is 6.42 Å². The van der Waals surface area contributed by atoms with Crippen molar-refractivity contribution in [2.75, 3.05) is 20.7 Å². The smallest absolute Gasteiger partial charge is 0.128 e. The monoisotopic (exact) mass is 244 g/mol. The van der Waals surface area contributed by atoms with Gasteiger partial charge in [0.2, 0.25) is 0 Å². The third-order valence-corrected chi connectivity index (χ3v) is 4.10. The molecule has 0 radical (unpaired) electrons. The zero-order chi connectivity index (χ0) is 12.5. The van der Waals surface area contributed by atoms with E-state index in [4.69, 9.17) is 4.74 Å². The van der Waals surface area contributed by atoms with Crippen LogP contribution in [0.15, 0.2) is 24.4 Å². The highest BCUT2D eigenvalue weighted by Gasteiger charge is 2.22. The maximum absolute atomic E-state index is 5.48. The van der Waals surface area contributed by atoms with E-state index in [1.807, 2.05) is 12.1 Å². The molecule has 3 rings (SSSR count). The first kappa shape index (κ1) is 11.6. The second-order valence-electron chi connectivity index (χ2n) is 5.18. The van der Waals surface area contributed by atoms with Crippen LogP contribution in [0.2, 0.25) is 0 Å². The van der Waals surface area contributed by atoms with Crippen molar-refractivity contribution in [1.82, 2.24) is 9.88 Å². The number of ether oxygens (including phenoxy) is 1. The third-order valence-electron chi connectivity index (χ3n) is 4.10. The molecular weight excluding hydrogens is 224 g/mol. The second-order valence-corrected chi connectivity index (χ2v) is 5.18. The molecular formula is C15H20N2O. The highest BCUT2D eigenvalue weighted by atomic mass is 16.5. The predicted molar refractivity (Wildman–Crippen MR) is 74.2 cm³/mol. The van der Waals surface area contributed by atoms with Crippen LogP contribution < -0.4 is 4.74 Å². The molecule has 0 saturated carbocycles. The molecule has 0 amide bonds. The van der Waals surface area contributed by atoms with Gasteiger partial charge in [-0.3, -0.25) is 0 Å². The van der Waals surface area contributed by atoms with Gasteiger partial charge in [-0.2, -0.15) is 0 Å². The number of hydrogen-bond donors (Lipinski definition) is 1. The van der Waals surface area contributed by atoms with Gasteiger partial charge in [-0.15, -0.1) is 0 Å². The minimum atomic E-state index is 0.675. The summed E-state index contributed by atoms with van der Waals surface area (Å²) in [6, 6.07) is 6.86. The van der Waals surface area contributed by atoms with Crippen LogP contribution in [0, 0.1) is 0 Å². The van der Waals surface area contributed by atoms with E-state index in [1.54, 1.807) is 7.11 Å². The second kappa shape index (κ2) is 4.65. The van der Waals surface area contributed by atoms with E-state index >= 15 is 0 Å². The van der Waals surface area contributed by atoms with Crippen molar-refractivity contribution in [3.63, 3.8) is 0 Å². The fourth-order valence-electron chi connectivity index (χ4n) is 3.04. The van der Waals surface area contributed by atoms with E-state index in [1.165, 1.54) is 35.9 Å². The summed E-state index contributed by atoms with van der Waals surface area (Å²) in [5, 5.41) is 1.25. The molecule has 0 bridgehead atoms. The quantitative estimate of drug-likeness (QED) is 0.899. The number of fused-ring (bicyclic) bond motifs is 1. The first-order chi connectivity index (χ1) is 8.79. The summed E-state index contributed by atoms with van der Waals surface area (Å²) in [4.78, 5) is 5.82. The van der Waals surface area contributed by atoms with E-state index in [0.29, 0.717) is 6.04 Å². The molecule has 0 spiro atoms. The molecule has 18 heavy (non-hydrogen) atoms. The van der Waals surface area contributed by atoms with E-state index in [9.17, 15) is 0 Å². The average molecular weight is 244 g/mol. The van der Waals surface area contributed by atoms with Gasteiger partial charge in [-0.25, -0.2) is 0 Å². The fourth-order valence-corrected chi connectivity index (χ4v) is 3.04. The number of methoxy groups -OCH3 is 1. The average Bonchev–Trinajstić information content (AvgIpc) is 2.97. The number of likely N-dealkylation sites (tertiary alicyclic amines) is 1. The van der Waals surface area contributed by atoms with E-state index in [-0.39, 0.29) is 0 Å². The molecule has 96 valence electrons. The van der Waals surface area contributed by atoms with Crippen LogP contribution in [0.4, 0.5) is 0 Å². The summed E-state index contributed by atoms with van der Waals surface area (Å²) in [7, 11) is 3.97. The topological polar surface area (TPSA) is 28.3 Å². The normalized spacial score (nSPS) is 20.7. The lowest BCUT2D eigenvalue weighted by molar-refractivity contribution is 0.309. The molecule has 1 saturated heterocycles. The summed E-state index contributed by atoms with van der Waals surface area (Å²) >= 11 is 0. The molecule has 3 nitrogen and oxygen atoms in total. The number of nitrogens with zero attached hydrogens (tertiary/aromatic N) is 1. The Kier molecular flexibility index (Phi) is 3.00. The highest BCUT2D eigenvalue weighted by Crippen LogP contribution is 2.31. The Morgan fingerprint density at radius 2 is 2.33 bits per heavy atom. The van der Waals surface area contributed by atoms with Gasteiger partial charge in [0, 0.05) is 23.1 Å². The Morgan fingerprint density at radius 3 is 3.06 bits per heavy atom. The molecule has 1 aliphatic rings. The zero-order valence-corrected chi connectivity index (χ0v) is 11.1. The lowest BCUT2D eigenvalue weighted by atomic mass is 10.0. The van der Waals surface area contributed by atoms with Crippen LogP contribution in [0.25, 0.3) is 10.9 Å². The molecule has 1 atom stereocenters. The summed E-state index contributed by atoms with van der Waals surface area (Å²) < 4.78 is 5.48. The maximum atomic E-state index is 5.48. The molecule has 1 unspecified atom stereocenters.